The fraction of sp³-hybridized carbons (Fsp3) is 0.0400. The Morgan fingerprint density at radius 3 is 1.74 bits per heavy atom. The monoisotopic (exact) mass is 550 g/mol. The van der Waals surface area contributed by atoms with Gasteiger partial charge in [0.15, 0.2) is 0 Å². The van der Waals surface area contributed by atoms with Crippen LogP contribution in [-0.2, 0) is 19.9 Å². The zero-order valence-corrected chi connectivity index (χ0v) is 20.7. The molecule has 4 aromatic carbocycles. The highest BCUT2D eigenvalue weighted by Gasteiger charge is 2.17. The zero-order chi connectivity index (χ0) is 28.2. The molecule has 39 heavy (non-hydrogen) atoms. The van der Waals surface area contributed by atoms with Crippen molar-refractivity contribution in [3.63, 3.8) is 0 Å². The summed E-state index contributed by atoms with van der Waals surface area (Å²) in [6.07, 6.45) is 0. The third-order valence-corrected chi connectivity index (χ3v) is 6.22. The highest BCUT2D eigenvalue weighted by Crippen LogP contribution is 2.37. The Balaban J connectivity index is 1.81. The van der Waals surface area contributed by atoms with E-state index in [0.717, 1.165) is 23.8 Å². The summed E-state index contributed by atoms with van der Waals surface area (Å²) in [5.74, 6) is -2.41. The van der Waals surface area contributed by atoms with Crippen molar-refractivity contribution in [2.45, 2.75) is 11.8 Å². The highest BCUT2D eigenvalue weighted by atomic mass is 32.2. The van der Waals surface area contributed by atoms with Gasteiger partial charge < -0.3 is 0 Å². The first-order valence-electron chi connectivity index (χ1n) is 10.9. The van der Waals surface area contributed by atoms with E-state index >= 15 is 0 Å². The van der Waals surface area contributed by atoms with E-state index in [1.54, 1.807) is 12.1 Å². The Labute approximate surface area is 220 Å². The van der Waals surface area contributed by atoms with E-state index in [2.05, 4.69) is 30.2 Å². The zero-order valence-electron chi connectivity index (χ0n) is 19.9. The molecular formula is C25H18N4O9S. The number of carbonyl (C=O) groups excluding carboxylic acids is 2. The normalized spacial score (nSPS) is 11.8. The molecule has 0 aliphatic carbocycles. The van der Waals surface area contributed by atoms with Crippen molar-refractivity contribution in [3.05, 3.63) is 89.5 Å². The summed E-state index contributed by atoms with van der Waals surface area (Å²) in [6.45, 7) is 1.92. The van der Waals surface area contributed by atoms with Gasteiger partial charge in [0.05, 0.1) is 38.8 Å². The van der Waals surface area contributed by atoms with Crippen LogP contribution in [0.25, 0.3) is 10.8 Å². The van der Waals surface area contributed by atoms with E-state index < -0.39 is 22.1 Å². The first kappa shape index (κ1) is 27.2. The maximum atomic E-state index is 11.8. The van der Waals surface area contributed by atoms with Crippen molar-refractivity contribution >= 4 is 55.6 Å². The van der Waals surface area contributed by atoms with Crippen molar-refractivity contribution in [3.8, 4) is 0 Å². The maximum Gasteiger partial charge on any atom is 0.372 e. The lowest BCUT2D eigenvalue weighted by Gasteiger charge is -2.07. The summed E-state index contributed by atoms with van der Waals surface area (Å²) in [7, 11) is -4.54. The molecule has 0 spiro atoms. The third kappa shape index (κ3) is 6.34. The topological polar surface area (TPSA) is 197 Å². The molecule has 4 aromatic rings. The Bertz CT molecular complexity index is 1720. The average Bonchev–Trinajstić information content (AvgIpc) is 2.94. The molecule has 198 valence electrons. The first-order chi connectivity index (χ1) is 18.6. The highest BCUT2D eigenvalue weighted by molar-refractivity contribution is 7.85. The molecule has 0 bridgehead atoms. The van der Waals surface area contributed by atoms with Gasteiger partial charge in [-0.05, 0) is 61.5 Å². The molecule has 0 radical (unpaired) electrons. The van der Waals surface area contributed by atoms with Crippen molar-refractivity contribution in [2.75, 3.05) is 0 Å². The lowest BCUT2D eigenvalue weighted by atomic mass is 10.1. The second kappa shape index (κ2) is 11.2. The van der Waals surface area contributed by atoms with E-state index in [-0.39, 0.29) is 38.5 Å². The minimum Gasteiger partial charge on any atom is -0.296 e. The number of nitrogens with zero attached hydrogens (tertiary/aromatic N) is 4. The van der Waals surface area contributed by atoms with Crippen LogP contribution < -0.4 is 0 Å². The van der Waals surface area contributed by atoms with Gasteiger partial charge in [0.2, 0.25) is 0 Å². The van der Waals surface area contributed by atoms with Crippen LogP contribution in [0.15, 0.2) is 98.1 Å². The predicted molar refractivity (Wildman–Crippen MR) is 136 cm³/mol. The van der Waals surface area contributed by atoms with Crippen molar-refractivity contribution in [1.29, 1.82) is 0 Å². The lowest BCUT2D eigenvalue weighted by molar-refractivity contribution is -0.183. The van der Waals surface area contributed by atoms with E-state index in [1.807, 2.05) is 19.1 Å². The molecule has 3 N–H and O–H groups in total. The van der Waals surface area contributed by atoms with Crippen LogP contribution in [0.5, 0.6) is 0 Å². The molecule has 0 unspecified atom stereocenters. The van der Waals surface area contributed by atoms with Crippen LogP contribution in [-0.4, -0.2) is 35.4 Å². The van der Waals surface area contributed by atoms with Gasteiger partial charge >= 0.3 is 11.9 Å². The summed E-state index contributed by atoms with van der Waals surface area (Å²) in [5.41, 5.74) is 1.46. The fourth-order valence-electron chi connectivity index (χ4n) is 3.48. The number of benzene rings is 4. The second-order valence-corrected chi connectivity index (χ2v) is 9.47. The van der Waals surface area contributed by atoms with Gasteiger partial charge in [-0.2, -0.15) is 29.2 Å². The predicted octanol–water partition coefficient (Wildman–Crippen LogP) is 6.49. The van der Waals surface area contributed by atoms with Crippen LogP contribution >= 0.6 is 0 Å². The SMILES string of the molecule is Cc1ccc(N=Nc2ccc(N=Nc3cc(C(=O)OO)cc(C(=O)OO)c3)c3ccc(S(=O)(=O)O)cc23)cc1. The van der Waals surface area contributed by atoms with Gasteiger partial charge in [0.25, 0.3) is 10.1 Å². The minimum atomic E-state index is -4.54. The van der Waals surface area contributed by atoms with Gasteiger partial charge in [-0.25, -0.2) is 9.59 Å². The van der Waals surface area contributed by atoms with Gasteiger partial charge in [-0.1, -0.05) is 23.8 Å². The van der Waals surface area contributed by atoms with Crippen molar-refractivity contribution < 1.29 is 42.8 Å². The van der Waals surface area contributed by atoms with Crippen molar-refractivity contribution in [1.82, 2.24) is 0 Å². The van der Waals surface area contributed by atoms with Crippen LogP contribution in [0.2, 0.25) is 0 Å². The number of hydrogen-bond donors (Lipinski definition) is 3. The van der Waals surface area contributed by atoms with Gasteiger partial charge in [-0.15, -0.1) is 10.2 Å². The Morgan fingerprint density at radius 1 is 0.667 bits per heavy atom. The number of rotatable bonds is 7. The van der Waals surface area contributed by atoms with Crippen LogP contribution in [0.4, 0.5) is 22.7 Å². The number of carbonyl (C=O) groups is 2. The number of fused-ring (bicyclic) bond motifs is 1. The average molecular weight is 551 g/mol. The summed E-state index contributed by atoms with van der Waals surface area (Å²) in [6, 6.07) is 17.3. The van der Waals surface area contributed by atoms with E-state index in [1.165, 1.54) is 30.3 Å². The second-order valence-electron chi connectivity index (χ2n) is 8.05. The fourth-order valence-corrected chi connectivity index (χ4v) is 3.98. The molecule has 0 aliphatic heterocycles. The summed E-state index contributed by atoms with van der Waals surface area (Å²) in [5, 5.41) is 34.6. The molecule has 0 atom stereocenters. The lowest BCUT2D eigenvalue weighted by Crippen LogP contribution is -2.06. The van der Waals surface area contributed by atoms with Gasteiger partial charge in [0.1, 0.15) is 0 Å². The molecule has 0 saturated carbocycles. The van der Waals surface area contributed by atoms with Crippen molar-refractivity contribution in [2.24, 2.45) is 20.5 Å². The summed E-state index contributed by atoms with van der Waals surface area (Å²) >= 11 is 0. The van der Waals surface area contributed by atoms with Crippen LogP contribution in [0.3, 0.4) is 0 Å². The summed E-state index contributed by atoms with van der Waals surface area (Å²) < 4.78 is 33.1. The van der Waals surface area contributed by atoms with E-state index in [0.29, 0.717) is 11.1 Å². The number of aryl methyl sites for hydroxylation is 1. The number of hydrogen-bond acceptors (Lipinski definition) is 12. The molecule has 0 saturated heterocycles. The molecule has 14 heteroatoms. The van der Waals surface area contributed by atoms with Gasteiger partial charge in [-0.3, -0.25) is 14.3 Å². The molecule has 0 fully saturated rings. The molecule has 0 heterocycles. The van der Waals surface area contributed by atoms with E-state index in [9.17, 15) is 22.6 Å². The minimum absolute atomic E-state index is 0.0517. The molecule has 0 amide bonds. The Hall–Kier alpha value is -4.89. The Kier molecular flexibility index (Phi) is 7.83. The standard InChI is InChI=1S/C25H18N4O9S/c1-14-2-4-17(5-3-14)26-29-23-9-8-22(20-7-6-19(13-21(20)23)39(34,35)36)28-27-18-11-15(24(30)37-32)10-16(12-18)25(31)38-33/h2-13,32-33H,1H3,(H,34,35,36). The van der Waals surface area contributed by atoms with Crippen LogP contribution in [0, 0.1) is 6.92 Å². The largest absolute Gasteiger partial charge is 0.372 e. The van der Waals surface area contributed by atoms with E-state index in [4.69, 9.17) is 10.5 Å². The number of azo groups is 2. The maximum absolute atomic E-state index is 11.8. The third-order valence-electron chi connectivity index (χ3n) is 5.38. The quantitative estimate of drug-likeness (QED) is 0.0996. The molecule has 0 aliphatic rings. The smallest absolute Gasteiger partial charge is 0.296 e. The first-order valence-corrected chi connectivity index (χ1v) is 12.3. The summed E-state index contributed by atoms with van der Waals surface area (Å²) in [4.78, 5) is 30.5. The molecule has 0 aromatic heterocycles. The molecule has 13 nitrogen and oxygen atoms in total. The van der Waals surface area contributed by atoms with Gasteiger partial charge in [0, 0.05) is 10.8 Å². The molecule has 4 rings (SSSR count). The molecular weight excluding hydrogens is 532 g/mol. The Morgan fingerprint density at radius 2 is 1.21 bits per heavy atom. The van der Waals surface area contributed by atoms with Crippen LogP contribution in [0.1, 0.15) is 26.3 Å².